The van der Waals surface area contributed by atoms with Crippen LogP contribution in [-0.2, 0) is 0 Å². The monoisotopic (exact) mass is 463 g/mol. The van der Waals surface area contributed by atoms with Gasteiger partial charge in [-0.2, -0.15) is 0 Å². The maximum absolute atomic E-state index is 13.2. The fraction of sp³-hybridized carbons (Fsp3) is 0.308. The van der Waals surface area contributed by atoms with Crippen molar-refractivity contribution in [1.82, 2.24) is 10.2 Å². The Kier molecular flexibility index (Phi) is 7.75. The van der Waals surface area contributed by atoms with E-state index >= 15 is 0 Å². The molecule has 1 aliphatic rings. The van der Waals surface area contributed by atoms with E-state index in [2.05, 4.69) is 27.7 Å². The van der Waals surface area contributed by atoms with Gasteiger partial charge in [-0.1, -0.05) is 36.8 Å². The van der Waals surface area contributed by atoms with E-state index in [1.165, 1.54) is 17.8 Å². The van der Waals surface area contributed by atoms with E-state index in [1.807, 2.05) is 29.6 Å². The van der Waals surface area contributed by atoms with Gasteiger partial charge in [-0.25, -0.2) is 0 Å². The van der Waals surface area contributed by atoms with Gasteiger partial charge in [0.2, 0.25) is 0 Å². The number of carbonyl (C=O) groups excluding carboxylic acids is 2. The van der Waals surface area contributed by atoms with Crippen LogP contribution in [0.2, 0.25) is 0 Å². The lowest BCUT2D eigenvalue weighted by Crippen LogP contribution is -2.40. The van der Waals surface area contributed by atoms with E-state index < -0.39 is 0 Å². The van der Waals surface area contributed by atoms with Crippen molar-refractivity contribution in [3.63, 3.8) is 0 Å². The Bertz CT molecular complexity index is 1060. The van der Waals surface area contributed by atoms with E-state index in [1.54, 1.807) is 31.4 Å². The zero-order valence-corrected chi connectivity index (χ0v) is 19.6. The highest BCUT2D eigenvalue weighted by Crippen LogP contribution is 2.26. The molecule has 4 rings (SSSR count). The molecule has 2 N–H and O–H groups in total. The van der Waals surface area contributed by atoms with Crippen molar-refractivity contribution in [2.24, 2.45) is 0 Å². The minimum Gasteiger partial charge on any atom is -0.497 e. The highest BCUT2D eigenvalue weighted by atomic mass is 32.1. The summed E-state index contributed by atoms with van der Waals surface area (Å²) >= 11 is 1.37. The van der Waals surface area contributed by atoms with Gasteiger partial charge < -0.3 is 15.4 Å². The predicted octanol–water partition coefficient (Wildman–Crippen LogP) is 4.97. The average Bonchev–Trinajstić information content (AvgIpc) is 3.41. The van der Waals surface area contributed by atoms with Gasteiger partial charge in [0, 0.05) is 6.54 Å². The topological polar surface area (TPSA) is 70.7 Å². The van der Waals surface area contributed by atoms with Crippen LogP contribution < -0.4 is 15.4 Å². The molecule has 1 saturated heterocycles. The first-order chi connectivity index (χ1) is 16.2. The lowest BCUT2D eigenvalue weighted by molar-refractivity contribution is 0.0925. The van der Waals surface area contributed by atoms with Gasteiger partial charge >= 0.3 is 0 Å². The molecule has 2 heterocycles. The van der Waals surface area contributed by atoms with Crippen LogP contribution in [-0.4, -0.2) is 43.5 Å². The molecule has 1 aromatic heterocycles. The summed E-state index contributed by atoms with van der Waals surface area (Å²) in [6, 6.07) is 18.9. The molecule has 0 unspecified atom stereocenters. The number of para-hydroxylation sites is 1. The maximum Gasteiger partial charge on any atom is 0.265 e. The Morgan fingerprint density at radius 2 is 1.73 bits per heavy atom. The van der Waals surface area contributed by atoms with Gasteiger partial charge in [0.05, 0.1) is 29.3 Å². The quantitative estimate of drug-likeness (QED) is 0.495. The zero-order chi connectivity index (χ0) is 23.0. The molecule has 0 saturated carbocycles. The maximum atomic E-state index is 13.2. The first-order valence-electron chi connectivity index (χ1n) is 11.3. The third-order valence-electron chi connectivity index (χ3n) is 5.95. The molecule has 1 fully saturated rings. The fourth-order valence-corrected chi connectivity index (χ4v) is 4.80. The average molecular weight is 464 g/mol. The number of benzene rings is 2. The summed E-state index contributed by atoms with van der Waals surface area (Å²) in [4.78, 5) is 28.7. The van der Waals surface area contributed by atoms with Crippen LogP contribution in [0.5, 0.6) is 5.75 Å². The molecule has 6 nitrogen and oxygen atoms in total. The number of likely N-dealkylation sites (tertiary alicyclic amines) is 1. The number of carbonyl (C=O) groups is 2. The number of hydrogen-bond acceptors (Lipinski definition) is 5. The summed E-state index contributed by atoms with van der Waals surface area (Å²) in [5, 5.41) is 7.84. The summed E-state index contributed by atoms with van der Waals surface area (Å²) in [5.74, 6) is 0.401. The van der Waals surface area contributed by atoms with Crippen molar-refractivity contribution in [2.75, 3.05) is 32.1 Å². The number of thiophene rings is 1. The Labute approximate surface area is 198 Å². The number of amides is 2. The molecule has 0 aliphatic carbocycles. The number of rotatable bonds is 8. The molecular formula is C26H29N3O3S. The molecule has 0 radical (unpaired) electrons. The molecule has 0 bridgehead atoms. The van der Waals surface area contributed by atoms with Gasteiger partial charge in [0.25, 0.3) is 11.8 Å². The van der Waals surface area contributed by atoms with E-state index in [4.69, 9.17) is 4.74 Å². The van der Waals surface area contributed by atoms with Crippen LogP contribution >= 0.6 is 11.3 Å². The zero-order valence-electron chi connectivity index (χ0n) is 18.8. The third kappa shape index (κ3) is 5.80. The molecule has 2 amide bonds. The summed E-state index contributed by atoms with van der Waals surface area (Å²) < 4.78 is 5.30. The van der Waals surface area contributed by atoms with E-state index in [-0.39, 0.29) is 17.9 Å². The van der Waals surface area contributed by atoms with Gasteiger partial charge in [-0.3, -0.25) is 14.5 Å². The minimum absolute atomic E-state index is 0.0769. The number of methoxy groups -OCH3 is 1. The number of nitrogens with zero attached hydrogens (tertiary/aromatic N) is 1. The fourth-order valence-electron chi connectivity index (χ4n) is 4.18. The van der Waals surface area contributed by atoms with Crippen LogP contribution in [0.4, 0.5) is 5.69 Å². The number of piperidine rings is 1. The molecule has 7 heteroatoms. The van der Waals surface area contributed by atoms with Crippen molar-refractivity contribution >= 4 is 28.8 Å². The molecular weight excluding hydrogens is 434 g/mol. The predicted molar refractivity (Wildman–Crippen MR) is 132 cm³/mol. The SMILES string of the molecule is COc1ccc([C@H](CNC(=O)c2ccccc2NC(=O)c2cccs2)N2CCCCC2)cc1. The van der Waals surface area contributed by atoms with E-state index in [0.29, 0.717) is 22.7 Å². The number of ether oxygens (including phenoxy) is 1. The van der Waals surface area contributed by atoms with Gasteiger partial charge in [-0.15, -0.1) is 11.3 Å². The Morgan fingerprint density at radius 1 is 0.970 bits per heavy atom. The van der Waals surface area contributed by atoms with Crippen LogP contribution in [0.1, 0.15) is 50.9 Å². The standard InChI is InChI=1S/C26H29N3O3S/c1-32-20-13-11-19(12-14-20)23(29-15-5-2-6-16-29)18-27-25(30)21-8-3-4-9-22(21)28-26(31)24-10-7-17-33-24/h3-4,7-14,17,23H,2,5-6,15-16,18H2,1H3,(H,27,30)(H,28,31)/t23-/m0/s1. The van der Waals surface area contributed by atoms with Crippen molar-refractivity contribution in [2.45, 2.75) is 25.3 Å². The third-order valence-corrected chi connectivity index (χ3v) is 6.82. The van der Waals surface area contributed by atoms with Crippen LogP contribution in [0.3, 0.4) is 0 Å². The van der Waals surface area contributed by atoms with Crippen LogP contribution in [0.25, 0.3) is 0 Å². The van der Waals surface area contributed by atoms with Crippen molar-refractivity contribution in [1.29, 1.82) is 0 Å². The highest BCUT2D eigenvalue weighted by Gasteiger charge is 2.24. The molecule has 1 aliphatic heterocycles. The second-order valence-electron chi connectivity index (χ2n) is 8.07. The Hall–Kier alpha value is -3.16. The Balaban J connectivity index is 1.48. The number of hydrogen-bond donors (Lipinski definition) is 2. The largest absolute Gasteiger partial charge is 0.497 e. The lowest BCUT2D eigenvalue weighted by Gasteiger charge is -2.35. The summed E-state index contributed by atoms with van der Waals surface area (Å²) in [5.41, 5.74) is 2.11. The molecule has 1 atom stereocenters. The van der Waals surface area contributed by atoms with Gasteiger partial charge in [0.1, 0.15) is 5.75 Å². The second-order valence-corrected chi connectivity index (χ2v) is 9.02. The number of nitrogens with one attached hydrogen (secondary N) is 2. The molecule has 172 valence electrons. The summed E-state index contributed by atoms with van der Waals surface area (Å²) in [6.07, 6.45) is 3.58. The summed E-state index contributed by atoms with van der Waals surface area (Å²) in [7, 11) is 1.66. The first kappa shape index (κ1) is 23.0. The van der Waals surface area contributed by atoms with Crippen molar-refractivity contribution in [3.05, 3.63) is 82.0 Å². The highest BCUT2D eigenvalue weighted by molar-refractivity contribution is 7.12. The smallest absolute Gasteiger partial charge is 0.265 e. The summed E-state index contributed by atoms with van der Waals surface area (Å²) in [6.45, 7) is 2.51. The molecule has 3 aromatic rings. The van der Waals surface area contributed by atoms with Crippen LogP contribution in [0, 0.1) is 0 Å². The normalized spacial score (nSPS) is 14.9. The molecule has 2 aromatic carbocycles. The van der Waals surface area contributed by atoms with Crippen molar-refractivity contribution in [3.8, 4) is 5.75 Å². The van der Waals surface area contributed by atoms with Crippen LogP contribution in [0.15, 0.2) is 66.0 Å². The minimum atomic E-state index is -0.213. The molecule has 0 spiro atoms. The Morgan fingerprint density at radius 3 is 2.42 bits per heavy atom. The number of anilines is 1. The van der Waals surface area contributed by atoms with E-state index in [0.717, 1.165) is 37.2 Å². The first-order valence-corrected chi connectivity index (χ1v) is 12.1. The second kappa shape index (κ2) is 11.1. The van der Waals surface area contributed by atoms with Gasteiger partial charge in [-0.05, 0) is 67.2 Å². The lowest BCUT2D eigenvalue weighted by atomic mass is 10.0. The molecule has 33 heavy (non-hydrogen) atoms. The van der Waals surface area contributed by atoms with Crippen molar-refractivity contribution < 1.29 is 14.3 Å². The van der Waals surface area contributed by atoms with E-state index in [9.17, 15) is 9.59 Å². The van der Waals surface area contributed by atoms with Gasteiger partial charge in [0.15, 0.2) is 0 Å².